The topological polar surface area (TPSA) is 37.8 Å². The molecule has 0 saturated heterocycles. The van der Waals surface area contributed by atoms with E-state index in [1.807, 2.05) is 19.9 Å². The molecular weight excluding hydrogens is 261 g/mol. The second-order valence-electron chi connectivity index (χ2n) is 4.61. The maximum absolute atomic E-state index is 13.4. The summed E-state index contributed by atoms with van der Waals surface area (Å²) < 4.78 is 17.3. The van der Waals surface area contributed by atoms with Crippen molar-refractivity contribution >= 4 is 11.5 Å². The molecule has 0 aliphatic rings. The van der Waals surface area contributed by atoms with Gasteiger partial charge < -0.3 is 5.32 Å². The zero-order valence-electron chi connectivity index (χ0n) is 11.4. The lowest BCUT2D eigenvalue weighted by molar-refractivity contribution is 0.550. The lowest BCUT2D eigenvalue weighted by Crippen LogP contribution is -2.23. The maximum atomic E-state index is 13.4. The lowest BCUT2D eigenvalue weighted by Gasteiger charge is -2.18. The summed E-state index contributed by atoms with van der Waals surface area (Å²) in [6, 6.07) is 5.08. The summed E-state index contributed by atoms with van der Waals surface area (Å²) in [4.78, 5) is 1.13. The van der Waals surface area contributed by atoms with Gasteiger partial charge in [0, 0.05) is 6.04 Å². The highest BCUT2D eigenvalue weighted by molar-refractivity contribution is 7.05. The van der Waals surface area contributed by atoms with Gasteiger partial charge >= 0.3 is 0 Å². The molecule has 102 valence electrons. The van der Waals surface area contributed by atoms with Gasteiger partial charge in [-0.05, 0) is 61.6 Å². The van der Waals surface area contributed by atoms with Gasteiger partial charge in [0.15, 0.2) is 0 Å². The Morgan fingerprint density at radius 3 is 2.79 bits per heavy atom. The Bertz CT molecular complexity index is 553. The van der Waals surface area contributed by atoms with Crippen LogP contribution in [0.5, 0.6) is 0 Å². The van der Waals surface area contributed by atoms with Crippen molar-refractivity contribution in [2.45, 2.75) is 33.2 Å². The Morgan fingerprint density at radius 2 is 2.16 bits per heavy atom. The van der Waals surface area contributed by atoms with E-state index in [-0.39, 0.29) is 11.9 Å². The normalized spacial score (nSPS) is 12.6. The molecule has 0 bridgehead atoms. The summed E-state index contributed by atoms with van der Waals surface area (Å²) in [7, 11) is 0. The van der Waals surface area contributed by atoms with E-state index in [0.717, 1.165) is 34.7 Å². The molecule has 5 heteroatoms. The van der Waals surface area contributed by atoms with E-state index in [0.29, 0.717) is 0 Å². The van der Waals surface area contributed by atoms with Crippen LogP contribution in [-0.2, 0) is 6.42 Å². The van der Waals surface area contributed by atoms with E-state index >= 15 is 0 Å². The predicted molar refractivity (Wildman–Crippen MR) is 75.9 cm³/mol. The van der Waals surface area contributed by atoms with Gasteiger partial charge in [-0.2, -0.15) is 0 Å². The van der Waals surface area contributed by atoms with E-state index in [1.165, 1.54) is 17.6 Å². The maximum Gasteiger partial charge on any atom is 0.123 e. The Labute approximate surface area is 117 Å². The van der Waals surface area contributed by atoms with Crippen molar-refractivity contribution in [3.8, 4) is 0 Å². The van der Waals surface area contributed by atoms with Gasteiger partial charge in [0.25, 0.3) is 0 Å². The number of likely N-dealkylation sites (N-methyl/N-ethyl adjacent to an activating group) is 1. The van der Waals surface area contributed by atoms with E-state index in [4.69, 9.17) is 0 Å². The van der Waals surface area contributed by atoms with Crippen LogP contribution in [0.1, 0.15) is 34.7 Å². The average molecular weight is 279 g/mol. The minimum absolute atomic E-state index is 0.144. The van der Waals surface area contributed by atoms with Crippen LogP contribution < -0.4 is 5.32 Å². The number of nitrogens with one attached hydrogen (secondary N) is 1. The Hall–Kier alpha value is -1.33. The summed E-state index contributed by atoms with van der Waals surface area (Å²) in [5.74, 6) is -0.185. The van der Waals surface area contributed by atoms with Gasteiger partial charge in [-0.1, -0.05) is 17.5 Å². The monoisotopic (exact) mass is 279 g/mol. The smallest absolute Gasteiger partial charge is 0.123 e. The summed E-state index contributed by atoms with van der Waals surface area (Å²) in [6.45, 7) is 6.89. The van der Waals surface area contributed by atoms with E-state index in [9.17, 15) is 4.39 Å². The Morgan fingerprint density at radius 1 is 1.37 bits per heavy atom. The van der Waals surface area contributed by atoms with Gasteiger partial charge in [-0.15, -0.1) is 5.10 Å². The van der Waals surface area contributed by atoms with Crippen LogP contribution in [0.15, 0.2) is 18.2 Å². The third kappa shape index (κ3) is 3.36. The number of hydrogen-bond acceptors (Lipinski definition) is 4. The van der Waals surface area contributed by atoms with Crippen molar-refractivity contribution in [3.63, 3.8) is 0 Å². The molecule has 1 unspecified atom stereocenters. The molecule has 0 spiro atoms. The standard InChI is InChI=1S/C14H18FN3S/c1-4-16-13(14-10(3)17-18-19-14)8-11-7-12(15)6-5-9(11)2/h5-7,13,16H,4,8H2,1-3H3. The van der Waals surface area contributed by atoms with E-state index in [2.05, 4.69) is 21.8 Å². The fourth-order valence-electron chi connectivity index (χ4n) is 2.14. The van der Waals surface area contributed by atoms with Crippen molar-refractivity contribution in [1.82, 2.24) is 14.9 Å². The molecule has 1 aromatic carbocycles. The highest BCUT2D eigenvalue weighted by Crippen LogP contribution is 2.25. The number of rotatable bonds is 5. The lowest BCUT2D eigenvalue weighted by atomic mass is 9.99. The quantitative estimate of drug-likeness (QED) is 0.913. The molecule has 19 heavy (non-hydrogen) atoms. The number of benzene rings is 1. The minimum atomic E-state index is -0.185. The van der Waals surface area contributed by atoms with Gasteiger partial charge in [0.05, 0.1) is 10.6 Å². The molecule has 0 fully saturated rings. The summed E-state index contributed by atoms with van der Waals surface area (Å²) in [5.41, 5.74) is 3.09. The van der Waals surface area contributed by atoms with Crippen molar-refractivity contribution in [2.75, 3.05) is 6.54 Å². The van der Waals surface area contributed by atoms with E-state index in [1.54, 1.807) is 6.07 Å². The number of halogens is 1. The van der Waals surface area contributed by atoms with Gasteiger partial charge in [-0.25, -0.2) is 4.39 Å². The first-order chi connectivity index (χ1) is 9.11. The van der Waals surface area contributed by atoms with Crippen LogP contribution >= 0.6 is 11.5 Å². The molecule has 1 atom stereocenters. The Balaban J connectivity index is 2.26. The SMILES string of the molecule is CCNC(Cc1cc(F)ccc1C)c1snnc1C. The van der Waals surface area contributed by atoms with Crippen LogP contribution in [0.4, 0.5) is 4.39 Å². The first-order valence-corrected chi connectivity index (χ1v) is 7.16. The molecule has 1 aromatic heterocycles. The molecule has 0 aliphatic heterocycles. The average Bonchev–Trinajstić information content (AvgIpc) is 2.79. The molecule has 1 heterocycles. The first-order valence-electron chi connectivity index (χ1n) is 6.39. The molecule has 2 rings (SSSR count). The second kappa shape index (κ2) is 6.21. The predicted octanol–water partition coefficient (Wildman–Crippen LogP) is 3.19. The Kier molecular flexibility index (Phi) is 4.61. The molecule has 2 aromatic rings. The van der Waals surface area contributed by atoms with Crippen LogP contribution in [0.25, 0.3) is 0 Å². The van der Waals surface area contributed by atoms with Crippen LogP contribution in [-0.4, -0.2) is 16.1 Å². The summed E-state index contributed by atoms with van der Waals surface area (Å²) in [6.07, 6.45) is 0.752. The van der Waals surface area contributed by atoms with Crippen LogP contribution in [0.3, 0.4) is 0 Å². The zero-order valence-corrected chi connectivity index (χ0v) is 12.2. The van der Waals surface area contributed by atoms with Crippen molar-refractivity contribution in [1.29, 1.82) is 0 Å². The molecule has 3 nitrogen and oxygen atoms in total. The molecule has 0 aliphatic carbocycles. The van der Waals surface area contributed by atoms with Gasteiger partial charge in [0.1, 0.15) is 5.82 Å². The first kappa shape index (κ1) is 14.1. The highest BCUT2D eigenvalue weighted by atomic mass is 32.1. The van der Waals surface area contributed by atoms with E-state index < -0.39 is 0 Å². The largest absolute Gasteiger partial charge is 0.309 e. The van der Waals surface area contributed by atoms with Gasteiger partial charge in [-0.3, -0.25) is 0 Å². The number of hydrogen-bond donors (Lipinski definition) is 1. The van der Waals surface area contributed by atoms with Crippen molar-refractivity contribution in [3.05, 3.63) is 45.7 Å². The van der Waals surface area contributed by atoms with Crippen molar-refractivity contribution in [2.24, 2.45) is 0 Å². The number of aryl methyl sites for hydroxylation is 2. The van der Waals surface area contributed by atoms with Crippen molar-refractivity contribution < 1.29 is 4.39 Å². The fraction of sp³-hybridized carbons (Fsp3) is 0.429. The molecule has 1 N–H and O–H groups in total. The third-order valence-corrected chi connectivity index (χ3v) is 4.13. The van der Waals surface area contributed by atoms with Crippen LogP contribution in [0, 0.1) is 19.7 Å². The molecule has 0 radical (unpaired) electrons. The second-order valence-corrected chi connectivity index (χ2v) is 5.39. The highest BCUT2D eigenvalue weighted by Gasteiger charge is 2.18. The summed E-state index contributed by atoms with van der Waals surface area (Å²) >= 11 is 1.41. The third-order valence-electron chi connectivity index (χ3n) is 3.19. The summed E-state index contributed by atoms with van der Waals surface area (Å²) in [5, 5.41) is 7.48. The number of nitrogens with zero attached hydrogens (tertiary/aromatic N) is 2. The fourth-order valence-corrected chi connectivity index (χ4v) is 2.86. The van der Waals surface area contributed by atoms with Gasteiger partial charge in [0.2, 0.25) is 0 Å². The number of aromatic nitrogens is 2. The zero-order chi connectivity index (χ0) is 13.8. The van der Waals surface area contributed by atoms with Crippen LogP contribution in [0.2, 0.25) is 0 Å². The molecule has 0 amide bonds. The molecular formula is C14H18FN3S. The minimum Gasteiger partial charge on any atom is -0.309 e. The molecule has 0 saturated carbocycles.